The van der Waals surface area contributed by atoms with Crippen LogP contribution in [0.4, 0.5) is 5.69 Å². The lowest BCUT2D eigenvalue weighted by Gasteiger charge is -2.10. The van der Waals surface area contributed by atoms with E-state index in [1.54, 1.807) is 31.3 Å². The number of hydrogen-bond acceptors (Lipinski definition) is 9. The summed E-state index contributed by atoms with van der Waals surface area (Å²) in [6, 6.07) is 10.7. The van der Waals surface area contributed by atoms with E-state index in [1.165, 1.54) is 16.8 Å². The lowest BCUT2D eigenvalue weighted by atomic mass is 10.2. The van der Waals surface area contributed by atoms with E-state index in [4.69, 9.17) is 21.1 Å². The predicted molar refractivity (Wildman–Crippen MR) is 103 cm³/mol. The van der Waals surface area contributed by atoms with Gasteiger partial charge in [-0.25, -0.2) is 9.48 Å². The number of halogens is 1. The molecule has 0 spiro atoms. The van der Waals surface area contributed by atoms with Crippen LogP contribution >= 0.6 is 23.4 Å². The summed E-state index contributed by atoms with van der Waals surface area (Å²) in [4.78, 5) is 23.4. The second-order valence-electron chi connectivity index (χ2n) is 5.57. The number of carbonyl (C=O) groups excluding carboxylic acids is 1. The Balaban J connectivity index is 1.69. The largest absolute Gasteiger partial charge is 0.490 e. The zero-order chi connectivity index (χ0) is 20.8. The van der Waals surface area contributed by atoms with E-state index in [0.717, 1.165) is 17.8 Å². The van der Waals surface area contributed by atoms with Gasteiger partial charge in [0.05, 0.1) is 10.5 Å². The molecule has 0 radical (unpaired) electrons. The van der Waals surface area contributed by atoms with Crippen molar-refractivity contribution in [3.05, 3.63) is 63.2 Å². The standard InChI is InChI=1S/C17H14ClN5O5S/c1-22-17(19-20-21-22)29-15-6-5-12(23(25)26)10-14(15)16(24)28-8-7-27-13-4-2-3-11(18)9-13/h2-6,9-10H,7-8H2,1H3. The van der Waals surface area contributed by atoms with Crippen LogP contribution < -0.4 is 4.74 Å². The minimum atomic E-state index is -0.721. The van der Waals surface area contributed by atoms with Crippen molar-refractivity contribution in [3.63, 3.8) is 0 Å². The molecule has 10 nitrogen and oxygen atoms in total. The Morgan fingerprint density at radius 1 is 1.28 bits per heavy atom. The summed E-state index contributed by atoms with van der Waals surface area (Å²) in [7, 11) is 1.64. The average Bonchev–Trinajstić information content (AvgIpc) is 3.10. The van der Waals surface area contributed by atoms with E-state index in [2.05, 4.69) is 15.5 Å². The molecule has 0 aliphatic heterocycles. The Hall–Kier alpha value is -3.18. The number of nitro groups is 1. The molecule has 0 N–H and O–H groups in total. The molecule has 3 aromatic rings. The quantitative estimate of drug-likeness (QED) is 0.227. The summed E-state index contributed by atoms with van der Waals surface area (Å²) < 4.78 is 12.1. The zero-order valence-corrected chi connectivity index (χ0v) is 16.6. The summed E-state index contributed by atoms with van der Waals surface area (Å²) in [5.74, 6) is -0.184. The van der Waals surface area contributed by atoms with E-state index in [-0.39, 0.29) is 24.5 Å². The normalized spacial score (nSPS) is 10.6. The fourth-order valence-corrected chi connectivity index (χ4v) is 3.23. The Bertz CT molecular complexity index is 1040. The van der Waals surface area contributed by atoms with Crippen molar-refractivity contribution in [1.29, 1.82) is 0 Å². The van der Waals surface area contributed by atoms with Gasteiger partial charge in [-0.2, -0.15) is 0 Å². The summed E-state index contributed by atoms with van der Waals surface area (Å²) in [6.07, 6.45) is 0. The van der Waals surface area contributed by atoms with Gasteiger partial charge in [0.2, 0.25) is 5.16 Å². The third-order valence-corrected chi connectivity index (χ3v) is 4.90. The number of nitro benzene ring substituents is 1. The van der Waals surface area contributed by atoms with Crippen LogP contribution in [-0.4, -0.2) is 44.3 Å². The van der Waals surface area contributed by atoms with Crippen molar-refractivity contribution >= 4 is 35.0 Å². The van der Waals surface area contributed by atoms with Crippen molar-refractivity contribution in [2.75, 3.05) is 13.2 Å². The van der Waals surface area contributed by atoms with Gasteiger partial charge in [-0.1, -0.05) is 17.7 Å². The van der Waals surface area contributed by atoms with E-state index >= 15 is 0 Å². The molecule has 0 atom stereocenters. The number of ether oxygens (including phenoxy) is 2. The fourth-order valence-electron chi connectivity index (χ4n) is 2.21. The van der Waals surface area contributed by atoms with Gasteiger partial charge < -0.3 is 9.47 Å². The molecule has 29 heavy (non-hydrogen) atoms. The minimum Gasteiger partial charge on any atom is -0.490 e. The first-order valence-electron chi connectivity index (χ1n) is 8.18. The third-order valence-electron chi connectivity index (χ3n) is 3.56. The molecule has 1 aromatic heterocycles. The van der Waals surface area contributed by atoms with Crippen molar-refractivity contribution in [3.8, 4) is 5.75 Å². The van der Waals surface area contributed by atoms with Gasteiger partial charge in [-0.15, -0.1) is 5.10 Å². The Morgan fingerprint density at radius 2 is 2.10 bits per heavy atom. The van der Waals surface area contributed by atoms with Crippen molar-refractivity contribution < 1.29 is 19.2 Å². The minimum absolute atomic E-state index is 0.0370. The van der Waals surface area contributed by atoms with Gasteiger partial charge in [-0.3, -0.25) is 10.1 Å². The molecule has 12 heteroatoms. The Labute approximate surface area is 173 Å². The van der Waals surface area contributed by atoms with Crippen molar-refractivity contribution in [2.24, 2.45) is 7.05 Å². The van der Waals surface area contributed by atoms with Crippen LogP contribution in [0.1, 0.15) is 10.4 Å². The monoisotopic (exact) mass is 435 g/mol. The predicted octanol–water partition coefficient (Wildman–Crippen LogP) is 3.16. The van der Waals surface area contributed by atoms with Gasteiger partial charge in [0.15, 0.2) is 0 Å². The molecular weight excluding hydrogens is 422 g/mol. The number of benzene rings is 2. The number of aryl methyl sites for hydroxylation is 1. The first kappa shape index (κ1) is 20.6. The Morgan fingerprint density at radius 3 is 2.79 bits per heavy atom. The molecule has 3 rings (SSSR count). The smallest absolute Gasteiger partial charge is 0.339 e. The van der Waals surface area contributed by atoms with Crippen LogP contribution in [0.15, 0.2) is 52.5 Å². The summed E-state index contributed by atoms with van der Waals surface area (Å²) in [6.45, 7) is 0.0420. The second-order valence-corrected chi connectivity index (χ2v) is 7.01. The van der Waals surface area contributed by atoms with Crippen LogP contribution in [0.5, 0.6) is 5.75 Å². The number of esters is 1. The number of rotatable bonds is 8. The van der Waals surface area contributed by atoms with Crippen molar-refractivity contribution in [1.82, 2.24) is 20.2 Å². The van der Waals surface area contributed by atoms with Crippen LogP contribution in [-0.2, 0) is 11.8 Å². The molecule has 0 saturated heterocycles. The molecule has 150 valence electrons. The number of aromatic nitrogens is 4. The maximum atomic E-state index is 12.5. The molecule has 0 saturated carbocycles. The van der Waals surface area contributed by atoms with Gasteiger partial charge in [-0.05, 0) is 46.5 Å². The van der Waals surface area contributed by atoms with Gasteiger partial charge >= 0.3 is 5.97 Å². The Kier molecular flexibility index (Phi) is 6.62. The van der Waals surface area contributed by atoms with Crippen LogP contribution in [0.2, 0.25) is 5.02 Å². The number of carbonyl (C=O) groups is 1. The lowest BCUT2D eigenvalue weighted by Crippen LogP contribution is -2.13. The number of non-ortho nitro benzene ring substituents is 1. The molecular formula is C17H14ClN5O5S. The second kappa shape index (κ2) is 9.34. The molecule has 0 aliphatic carbocycles. The van der Waals surface area contributed by atoms with Crippen LogP contribution in [0.3, 0.4) is 0 Å². The average molecular weight is 436 g/mol. The first-order chi connectivity index (χ1) is 13.9. The van der Waals surface area contributed by atoms with E-state index < -0.39 is 10.9 Å². The topological polar surface area (TPSA) is 122 Å². The van der Waals surface area contributed by atoms with Gasteiger partial charge in [0.1, 0.15) is 19.0 Å². The summed E-state index contributed by atoms with van der Waals surface area (Å²) in [5, 5.41) is 23.1. The molecule has 0 aliphatic rings. The molecule has 2 aromatic carbocycles. The maximum absolute atomic E-state index is 12.5. The first-order valence-corrected chi connectivity index (χ1v) is 9.37. The fraction of sp³-hybridized carbons (Fsp3) is 0.176. The number of hydrogen-bond donors (Lipinski definition) is 0. The highest BCUT2D eigenvalue weighted by Gasteiger charge is 2.20. The number of tetrazole rings is 1. The van der Waals surface area contributed by atoms with Crippen LogP contribution in [0, 0.1) is 10.1 Å². The van der Waals surface area contributed by atoms with Gasteiger partial charge in [0.25, 0.3) is 5.69 Å². The van der Waals surface area contributed by atoms with E-state index in [9.17, 15) is 14.9 Å². The lowest BCUT2D eigenvalue weighted by molar-refractivity contribution is -0.384. The van der Waals surface area contributed by atoms with Crippen LogP contribution in [0.25, 0.3) is 0 Å². The molecule has 0 bridgehead atoms. The SMILES string of the molecule is Cn1nnnc1Sc1ccc([N+](=O)[O-])cc1C(=O)OCCOc1cccc(Cl)c1. The molecule has 0 unspecified atom stereocenters. The van der Waals surface area contributed by atoms with Gasteiger partial charge in [0, 0.05) is 29.1 Å². The van der Waals surface area contributed by atoms with Crippen molar-refractivity contribution in [2.45, 2.75) is 10.1 Å². The zero-order valence-electron chi connectivity index (χ0n) is 15.0. The van der Waals surface area contributed by atoms with E-state index in [0.29, 0.717) is 20.8 Å². The highest BCUT2D eigenvalue weighted by molar-refractivity contribution is 7.99. The summed E-state index contributed by atoms with van der Waals surface area (Å²) >= 11 is 6.97. The molecule has 0 amide bonds. The summed E-state index contributed by atoms with van der Waals surface area (Å²) in [5.41, 5.74) is -0.192. The molecule has 0 fully saturated rings. The van der Waals surface area contributed by atoms with E-state index in [1.807, 2.05) is 0 Å². The molecule has 1 heterocycles. The number of nitrogens with zero attached hydrogens (tertiary/aromatic N) is 5. The maximum Gasteiger partial charge on any atom is 0.339 e. The highest BCUT2D eigenvalue weighted by Crippen LogP contribution is 2.31. The third kappa shape index (κ3) is 5.42. The highest BCUT2D eigenvalue weighted by atomic mass is 35.5.